The van der Waals surface area contributed by atoms with Crippen molar-refractivity contribution in [1.29, 1.82) is 0 Å². The highest BCUT2D eigenvalue weighted by Gasteiger charge is 2.12. The van der Waals surface area contributed by atoms with Gasteiger partial charge in [0.1, 0.15) is 22.0 Å². The molecule has 0 saturated carbocycles. The van der Waals surface area contributed by atoms with Gasteiger partial charge in [-0.05, 0) is 30.0 Å². The summed E-state index contributed by atoms with van der Waals surface area (Å²) < 4.78 is 0. The van der Waals surface area contributed by atoms with Crippen molar-refractivity contribution in [2.75, 3.05) is 5.88 Å². The van der Waals surface area contributed by atoms with Gasteiger partial charge in [-0.1, -0.05) is 23.9 Å². The van der Waals surface area contributed by atoms with Gasteiger partial charge in [-0.2, -0.15) is 0 Å². The number of hydrogen-bond acceptors (Lipinski definition) is 5. The maximum absolute atomic E-state index is 5.75. The number of aromatic nitrogens is 2. The van der Waals surface area contributed by atoms with Gasteiger partial charge in [-0.25, -0.2) is 15.0 Å². The average molecular weight is 349 g/mol. The highest BCUT2D eigenvalue weighted by molar-refractivity contribution is 7.99. The van der Waals surface area contributed by atoms with E-state index < -0.39 is 0 Å². The lowest BCUT2D eigenvalue weighted by atomic mass is 10.3. The number of para-hydroxylation sites is 1. The summed E-state index contributed by atoms with van der Waals surface area (Å²) in [5.74, 6) is 0.606. The third-order valence-electron chi connectivity index (χ3n) is 2.99. The Morgan fingerprint density at radius 3 is 3.00 bits per heavy atom. The minimum Gasteiger partial charge on any atom is -0.386 e. The summed E-state index contributed by atoms with van der Waals surface area (Å²) in [6, 6.07) is 7.81. The van der Waals surface area contributed by atoms with Gasteiger partial charge in [0, 0.05) is 10.3 Å². The quantitative estimate of drug-likeness (QED) is 0.329. The monoisotopic (exact) mass is 348 g/mol. The normalized spacial score (nSPS) is 12.0. The molecule has 112 valence electrons. The predicted octanol–water partition coefficient (Wildman–Crippen LogP) is 4.38. The van der Waals surface area contributed by atoms with E-state index in [1.54, 1.807) is 29.4 Å². The molecular weight excluding hydrogens is 336 g/mol. The third kappa shape index (κ3) is 3.09. The van der Waals surface area contributed by atoms with Crippen LogP contribution in [0.2, 0.25) is 0 Å². The maximum atomic E-state index is 5.75. The Morgan fingerprint density at radius 1 is 1.36 bits per heavy atom. The summed E-state index contributed by atoms with van der Waals surface area (Å²) in [7, 11) is 0. The molecule has 1 aromatic carbocycles. The molecule has 2 N–H and O–H groups in total. The molecule has 0 atom stereocenters. The molecule has 3 rings (SSSR count). The van der Waals surface area contributed by atoms with Gasteiger partial charge < -0.3 is 5.73 Å². The summed E-state index contributed by atoms with van der Waals surface area (Å²) in [5, 5.41) is 4.12. The number of benzene rings is 1. The number of halogens is 1. The topological polar surface area (TPSA) is 64.2 Å². The highest BCUT2D eigenvalue weighted by Crippen LogP contribution is 2.39. The van der Waals surface area contributed by atoms with Crippen LogP contribution in [0.15, 0.2) is 50.9 Å². The standard InChI is InChI=1S/C15H13ClN4S2/c1-9-7-21-14-13(9)15(19-8-18-14)22-11-5-3-2-4-10(11)20-12(17)6-16/h2-5,7-8H,6H2,1H3,(H2,17,20). The fourth-order valence-corrected chi connectivity index (χ4v) is 4.03. The molecule has 0 fully saturated rings. The minimum atomic E-state index is 0.209. The van der Waals surface area contributed by atoms with E-state index >= 15 is 0 Å². The Hall–Kier alpha value is -1.63. The van der Waals surface area contributed by atoms with E-state index in [1.165, 1.54) is 5.56 Å². The molecule has 3 aromatic rings. The molecule has 2 aromatic heterocycles. The van der Waals surface area contributed by atoms with Crippen molar-refractivity contribution in [3.63, 3.8) is 0 Å². The highest BCUT2D eigenvalue weighted by atomic mass is 35.5. The van der Waals surface area contributed by atoms with E-state index in [9.17, 15) is 0 Å². The smallest absolute Gasteiger partial charge is 0.128 e. The molecule has 2 heterocycles. The first-order chi connectivity index (χ1) is 10.7. The zero-order valence-electron chi connectivity index (χ0n) is 11.8. The number of aryl methyl sites for hydroxylation is 1. The van der Waals surface area contributed by atoms with Gasteiger partial charge in [0.2, 0.25) is 0 Å². The molecule has 0 bridgehead atoms. The number of alkyl halides is 1. The largest absolute Gasteiger partial charge is 0.386 e. The molecule has 0 aliphatic rings. The van der Waals surface area contributed by atoms with Gasteiger partial charge in [0.25, 0.3) is 0 Å². The molecule has 0 radical (unpaired) electrons. The second-order valence-electron chi connectivity index (χ2n) is 4.58. The van der Waals surface area contributed by atoms with Gasteiger partial charge in [0.15, 0.2) is 0 Å². The van der Waals surface area contributed by atoms with Gasteiger partial charge in [0.05, 0.1) is 11.6 Å². The summed E-state index contributed by atoms with van der Waals surface area (Å²) in [4.78, 5) is 15.1. The summed E-state index contributed by atoms with van der Waals surface area (Å²) in [6.45, 7) is 2.07. The van der Waals surface area contributed by atoms with Gasteiger partial charge in [-0.15, -0.1) is 22.9 Å². The Kier molecular flexibility index (Phi) is 4.61. The van der Waals surface area contributed by atoms with Crippen molar-refractivity contribution in [3.05, 3.63) is 41.5 Å². The molecular formula is C15H13ClN4S2. The summed E-state index contributed by atoms with van der Waals surface area (Å²) >= 11 is 8.91. The van der Waals surface area contributed by atoms with Crippen LogP contribution in [0.5, 0.6) is 0 Å². The van der Waals surface area contributed by atoms with Crippen molar-refractivity contribution >= 4 is 56.4 Å². The number of nitrogens with zero attached hydrogens (tertiary/aromatic N) is 3. The Labute approximate surface area is 141 Å². The lowest BCUT2D eigenvalue weighted by Gasteiger charge is -2.06. The molecule has 4 nitrogen and oxygen atoms in total. The fourth-order valence-electron chi connectivity index (χ4n) is 1.99. The zero-order chi connectivity index (χ0) is 15.5. The molecule has 0 amide bonds. The molecule has 22 heavy (non-hydrogen) atoms. The van der Waals surface area contributed by atoms with Crippen LogP contribution in [0, 0.1) is 6.92 Å². The van der Waals surface area contributed by atoms with Crippen molar-refractivity contribution in [1.82, 2.24) is 9.97 Å². The van der Waals surface area contributed by atoms with Gasteiger partial charge >= 0.3 is 0 Å². The van der Waals surface area contributed by atoms with Crippen LogP contribution >= 0.6 is 34.7 Å². The zero-order valence-corrected chi connectivity index (χ0v) is 14.2. The number of rotatable bonds is 4. The van der Waals surface area contributed by atoms with E-state index in [-0.39, 0.29) is 5.88 Å². The fraction of sp³-hybridized carbons (Fsp3) is 0.133. The second kappa shape index (κ2) is 6.64. The van der Waals surface area contributed by atoms with Crippen LogP contribution in [-0.2, 0) is 0 Å². The van der Waals surface area contributed by atoms with Crippen LogP contribution in [0.3, 0.4) is 0 Å². The Bertz CT molecular complexity index is 844. The first-order valence-corrected chi connectivity index (χ1v) is 8.77. The van der Waals surface area contributed by atoms with E-state index in [4.69, 9.17) is 17.3 Å². The maximum Gasteiger partial charge on any atom is 0.128 e. The van der Waals surface area contributed by atoms with Crippen molar-refractivity contribution < 1.29 is 0 Å². The lowest BCUT2D eigenvalue weighted by molar-refractivity contribution is 1.10. The number of fused-ring (bicyclic) bond motifs is 1. The van der Waals surface area contributed by atoms with Crippen molar-refractivity contribution in [2.24, 2.45) is 10.7 Å². The van der Waals surface area contributed by atoms with Crippen LogP contribution in [0.25, 0.3) is 10.2 Å². The number of amidine groups is 1. The predicted molar refractivity (Wildman–Crippen MR) is 94.7 cm³/mol. The molecule has 0 aliphatic carbocycles. The van der Waals surface area contributed by atoms with Crippen molar-refractivity contribution in [3.8, 4) is 0 Å². The molecule has 0 unspecified atom stereocenters. The van der Waals surface area contributed by atoms with E-state index in [1.807, 2.05) is 24.3 Å². The number of nitrogens with two attached hydrogens (primary N) is 1. The number of hydrogen-bond donors (Lipinski definition) is 1. The van der Waals surface area contributed by atoms with Crippen LogP contribution < -0.4 is 5.73 Å². The first-order valence-electron chi connectivity index (χ1n) is 6.53. The van der Waals surface area contributed by atoms with Crippen LogP contribution in [0.1, 0.15) is 5.56 Å². The van der Waals surface area contributed by atoms with Crippen LogP contribution in [-0.4, -0.2) is 21.7 Å². The average Bonchev–Trinajstić information content (AvgIpc) is 2.91. The Morgan fingerprint density at radius 2 is 2.18 bits per heavy atom. The van der Waals surface area contributed by atoms with Crippen LogP contribution in [0.4, 0.5) is 5.69 Å². The van der Waals surface area contributed by atoms with E-state index in [0.29, 0.717) is 5.84 Å². The lowest BCUT2D eigenvalue weighted by Crippen LogP contribution is -2.12. The molecule has 7 heteroatoms. The number of thiophene rings is 1. The summed E-state index contributed by atoms with van der Waals surface area (Å²) in [5.41, 5.74) is 7.73. The SMILES string of the molecule is Cc1csc2ncnc(Sc3ccccc3N=C(N)CCl)c12. The first kappa shape index (κ1) is 15.3. The van der Waals surface area contributed by atoms with Crippen molar-refractivity contribution in [2.45, 2.75) is 16.8 Å². The second-order valence-corrected chi connectivity index (χ2v) is 6.74. The van der Waals surface area contributed by atoms with E-state index in [0.717, 1.165) is 25.8 Å². The Balaban J connectivity index is 2.04. The third-order valence-corrected chi connectivity index (χ3v) is 5.34. The molecule has 0 saturated heterocycles. The minimum absolute atomic E-state index is 0.209. The van der Waals surface area contributed by atoms with Gasteiger partial charge in [-0.3, -0.25) is 0 Å². The van der Waals surface area contributed by atoms with E-state index in [2.05, 4.69) is 27.3 Å². The summed E-state index contributed by atoms with van der Waals surface area (Å²) in [6.07, 6.45) is 1.60. The number of aliphatic imine (C=N–C) groups is 1. The molecule has 0 spiro atoms. The molecule has 0 aliphatic heterocycles.